The van der Waals surface area contributed by atoms with Crippen LogP contribution in [0.3, 0.4) is 0 Å². The van der Waals surface area contributed by atoms with Gasteiger partial charge < -0.3 is 27.0 Å². The number of rotatable bonds is 16. The van der Waals surface area contributed by atoms with Crippen LogP contribution in [0, 0.1) is 17.8 Å². The normalized spacial score (nSPS) is 22.7. The van der Waals surface area contributed by atoms with Gasteiger partial charge >= 0.3 is 6.03 Å². The molecule has 1 saturated heterocycles. The molecule has 2 unspecified atom stereocenters. The van der Waals surface area contributed by atoms with Crippen LogP contribution in [0.5, 0.6) is 0 Å². The molecule has 6 N–H and O–H groups in total. The highest BCUT2D eigenvalue weighted by Crippen LogP contribution is 2.41. The minimum atomic E-state index is -1.04. The highest BCUT2D eigenvalue weighted by atomic mass is 16.2. The Kier molecular flexibility index (Phi) is 17.3. The molecule has 1 aromatic heterocycles. The van der Waals surface area contributed by atoms with E-state index in [4.69, 9.17) is 16.5 Å². The molecule has 14 nitrogen and oxygen atoms in total. The monoisotopic (exact) mass is 929 g/mol. The fourth-order valence-electron chi connectivity index (χ4n) is 10.9. The lowest BCUT2D eigenvalue weighted by Gasteiger charge is -2.33. The van der Waals surface area contributed by atoms with Crippen molar-refractivity contribution in [1.82, 2.24) is 30.3 Å². The summed E-state index contributed by atoms with van der Waals surface area (Å²) in [6.45, 7) is 9.11. The van der Waals surface area contributed by atoms with Gasteiger partial charge in [0.1, 0.15) is 5.54 Å². The summed E-state index contributed by atoms with van der Waals surface area (Å²) >= 11 is 0. The molecule has 2 saturated carbocycles. The van der Waals surface area contributed by atoms with E-state index < -0.39 is 11.1 Å². The zero-order chi connectivity index (χ0) is 48.1. The van der Waals surface area contributed by atoms with Crippen LogP contribution < -0.4 is 22.1 Å². The number of hydrogen-bond acceptors (Lipinski definition) is 9. The highest BCUT2D eigenvalue weighted by molar-refractivity contribution is 6.07. The van der Waals surface area contributed by atoms with Crippen LogP contribution in [0.2, 0.25) is 0 Å². The Balaban J connectivity index is 0.000000207. The van der Waals surface area contributed by atoms with E-state index in [1.807, 2.05) is 72.5 Å². The molecule has 0 spiro atoms. The van der Waals surface area contributed by atoms with E-state index in [1.54, 1.807) is 29.1 Å². The summed E-state index contributed by atoms with van der Waals surface area (Å²) in [5, 5.41) is 5.77. The Hall–Kier alpha value is -5.79. The van der Waals surface area contributed by atoms with Crippen molar-refractivity contribution < 1.29 is 19.2 Å². The zero-order valence-electron chi connectivity index (χ0n) is 40.9. The number of guanidine groups is 2. The van der Waals surface area contributed by atoms with Gasteiger partial charge in [-0.2, -0.15) is 0 Å². The summed E-state index contributed by atoms with van der Waals surface area (Å²) in [6.07, 6.45) is 22.9. The van der Waals surface area contributed by atoms with Gasteiger partial charge in [0.05, 0.1) is 6.54 Å². The van der Waals surface area contributed by atoms with Crippen LogP contribution in [0.15, 0.2) is 83.0 Å². The van der Waals surface area contributed by atoms with Crippen LogP contribution >= 0.6 is 0 Å². The van der Waals surface area contributed by atoms with E-state index in [0.717, 1.165) is 91.8 Å². The third kappa shape index (κ3) is 12.6. The number of unbranched alkanes of at least 4 members (excludes halogenated alkanes) is 1. The van der Waals surface area contributed by atoms with Crippen LogP contribution in [0.4, 0.5) is 4.79 Å². The third-order valence-corrected chi connectivity index (χ3v) is 15.1. The molecule has 2 atom stereocenters. The minimum Gasteiger partial charge on any atom is -0.369 e. The number of benzene rings is 2. The molecule has 3 aliphatic heterocycles. The molecule has 68 heavy (non-hydrogen) atoms. The van der Waals surface area contributed by atoms with Gasteiger partial charge in [0.15, 0.2) is 17.5 Å². The number of aliphatic imine (C=N–C) groups is 2. The predicted octanol–water partition coefficient (Wildman–Crippen LogP) is 8.39. The number of aromatic nitrogens is 1. The first-order chi connectivity index (χ1) is 32.9. The molecule has 3 fully saturated rings. The molecule has 0 bridgehead atoms. The van der Waals surface area contributed by atoms with Crippen molar-refractivity contribution in [3.63, 3.8) is 0 Å². The number of carbonyl (C=O) groups excluding carboxylic acids is 4. The van der Waals surface area contributed by atoms with Gasteiger partial charge in [-0.25, -0.2) is 14.8 Å². The van der Waals surface area contributed by atoms with E-state index in [0.29, 0.717) is 44.0 Å². The van der Waals surface area contributed by atoms with Crippen LogP contribution in [-0.4, -0.2) is 87.1 Å². The second kappa shape index (κ2) is 23.5. The van der Waals surface area contributed by atoms with Crippen molar-refractivity contribution >= 4 is 35.7 Å². The number of pyridine rings is 1. The van der Waals surface area contributed by atoms with Gasteiger partial charge in [0.2, 0.25) is 5.91 Å². The predicted molar refractivity (Wildman–Crippen MR) is 269 cm³/mol. The van der Waals surface area contributed by atoms with Crippen molar-refractivity contribution in [2.24, 2.45) is 39.2 Å². The number of carbonyl (C=O) groups is 4. The van der Waals surface area contributed by atoms with Crippen molar-refractivity contribution in [2.45, 2.75) is 154 Å². The summed E-state index contributed by atoms with van der Waals surface area (Å²) < 4.78 is 0. The van der Waals surface area contributed by atoms with Gasteiger partial charge in [-0.3, -0.25) is 29.2 Å². The molecule has 5 amide bonds. The number of nitrogens with zero attached hydrogens (tertiary/aromatic N) is 6. The lowest BCUT2D eigenvalue weighted by atomic mass is 9.75. The van der Waals surface area contributed by atoms with Crippen LogP contribution in [-0.2, 0) is 33.0 Å². The molecular weight excluding hydrogens is 853 g/mol. The second-order valence-corrected chi connectivity index (χ2v) is 20.2. The first-order valence-electron chi connectivity index (χ1n) is 25.6. The number of nitrogens with one attached hydrogen (secondary N) is 2. The number of piperidine rings is 1. The van der Waals surface area contributed by atoms with Crippen molar-refractivity contribution in [1.29, 1.82) is 0 Å². The number of nitrogens with two attached hydrogens (primary N) is 2. The maximum Gasteiger partial charge on any atom is 0.315 e. The zero-order valence-corrected chi connectivity index (χ0v) is 40.9. The largest absolute Gasteiger partial charge is 0.369 e. The third-order valence-electron chi connectivity index (χ3n) is 15.1. The van der Waals surface area contributed by atoms with Crippen LogP contribution in [0.25, 0.3) is 11.1 Å². The fourth-order valence-corrected chi connectivity index (χ4v) is 10.9. The molecule has 14 heteroatoms. The van der Waals surface area contributed by atoms with Crippen molar-refractivity contribution in [3.05, 3.63) is 89.7 Å². The fraction of sp³-hybridized carbons (Fsp3) is 0.574. The van der Waals surface area contributed by atoms with E-state index in [-0.39, 0.29) is 29.7 Å². The Bertz CT molecular complexity index is 2230. The van der Waals surface area contributed by atoms with Gasteiger partial charge in [0.25, 0.3) is 11.8 Å². The lowest BCUT2D eigenvalue weighted by Crippen LogP contribution is -2.46. The number of hydrogen-bond donors (Lipinski definition) is 4. The summed E-state index contributed by atoms with van der Waals surface area (Å²) in [5.74, 6) is 2.35. The number of likely N-dealkylation sites (tertiary alicyclic amines) is 1. The summed E-state index contributed by atoms with van der Waals surface area (Å²) in [6, 6.07) is 19.6. The van der Waals surface area contributed by atoms with Gasteiger partial charge in [0, 0.05) is 52.0 Å². The van der Waals surface area contributed by atoms with E-state index in [2.05, 4.69) is 27.5 Å². The maximum atomic E-state index is 14.0. The lowest BCUT2D eigenvalue weighted by molar-refractivity contribution is -0.133. The Morgan fingerprint density at radius 1 is 0.750 bits per heavy atom. The smallest absolute Gasteiger partial charge is 0.315 e. The van der Waals surface area contributed by atoms with Crippen LogP contribution in [0.1, 0.15) is 147 Å². The Morgan fingerprint density at radius 3 is 2.07 bits per heavy atom. The average Bonchev–Trinajstić information content (AvgIpc) is 3.73. The summed E-state index contributed by atoms with van der Waals surface area (Å²) in [7, 11) is 0. The quantitative estimate of drug-likeness (QED) is 0.104. The topological polar surface area (TPSA) is 192 Å². The first-order valence-corrected chi connectivity index (χ1v) is 25.6. The average molecular weight is 929 g/mol. The standard InChI is InChI=1S/C31H49N5O2.C23H27N5O2/c1-2-3-20-33-30(38)34-22-26-14-16-27(17-15-26)23-36-28(37)31(35-29(36)32,21-25-12-8-5-9-13-25)19-18-24-10-6-4-7-11-24;1-16(29)27-11-8-17(9-12-27)15-28-21(30)23(2,26-22(28)24)20-7-3-5-18(13-20)19-6-4-10-25-14-19/h14-17,24-25H,2-13,18-23H2,1H3,(H2,32,35)(H2,33,34,38);3-7,10,13-14,17H,8-9,11-12,15H2,1-2H3,(H2,24,26). The van der Waals surface area contributed by atoms with E-state index >= 15 is 0 Å². The maximum absolute atomic E-state index is 14.0. The first kappa shape index (κ1) is 50.1. The van der Waals surface area contributed by atoms with Gasteiger partial charge in [-0.15, -0.1) is 0 Å². The molecule has 8 rings (SSSR count). The Morgan fingerprint density at radius 2 is 1.41 bits per heavy atom. The minimum absolute atomic E-state index is 0.0997. The summed E-state index contributed by atoms with van der Waals surface area (Å²) in [5.41, 5.74) is 15.8. The molecule has 2 aliphatic carbocycles. The van der Waals surface area contributed by atoms with Gasteiger partial charge in [-0.1, -0.05) is 126 Å². The van der Waals surface area contributed by atoms with Crippen molar-refractivity contribution in [3.8, 4) is 11.1 Å². The molecule has 3 aromatic rings. The summed E-state index contributed by atoms with van der Waals surface area (Å²) in [4.78, 5) is 69.8. The SMILES string of the molecule is CC(=O)N1CCC(CN2C(=O)C(C)(c3cccc(-c4cccnc4)c3)N=C2N)CC1.CCCCNC(=O)NCc1ccc(CN2C(=O)C(CCC3CCCCC3)(CC3CCCCC3)N=C2N)cc1. The Labute approximate surface area is 404 Å². The number of urea groups is 1. The van der Waals surface area contributed by atoms with E-state index in [1.165, 1.54) is 64.2 Å². The second-order valence-electron chi connectivity index (χ2n) is 20.2. The molecule has 4 heterocycles. The highest BCUT2D eigenvalue weighted by Gasteiger charge is 2.49. The molecular formula is C54H76N10O4. The number of amides is 5. The molecule has 5 aliphatic rings. The van der Waals surface area contributed by atoms with E-state index in [9.17, 15) is 19.2 Å². The molecule has 366 valence electrons. The van der Waals surface area contributed by atoms with Gasteiger partial charge in [-0.05, 0) is 103 Å². The van der Waals surface area contributed by atoms with Crippen molar-refractivity contribution in [2.75, 3.05) is 26.2 Å². The molecule has 2 aromatic carbocycles. The molecule has 0 radical (unpaired) electrons.